The van der Waals surface area contributed by atoms with Gasteiger partial charge in [-0.2, -0.15) is 0 Å². The number of carbonyl (C=O) groups excluding carboxylic acids is 1. The maximum Gasteiger partial charge on any atom is 0.274 e. The molecule has 0 bridgehead atoms. The molecular formula is C21H21ClN4O. The summed E-state index contributed by atoms with van der Waals surface area (Å²) in [7, 11) is 0. The summed E-state index contributed by atoms with van der Waals surface area (Å²) in [6.45, 7) is 5.35. The Labute approximate surface area is 164 Å². The highest BCUT2D eigenvalue weighted by Crippen LogP contribution is 2.21. The molecule has 1 aromatic heterocycles. The number of benzene rings is 2. The molecule has 2 aromatic carbocycles. The number of halogens is 1. The van der Waals surface area contributed by atoms with Gasteiger partial charge in [-0.05, 0) is 43.2 Å². The van der Waals surface area contributed by atoms with Crippen molar-refractivity contribution in [3.8, 4) is 0 Å². The van der Waals surface area contributed by atoms with E-state index in [-0.39, 0.29) is 5.91 Å². The van der Waals surface area contributed by atoms with Crippen LogP contribution < -0.4 is 10.2 Å². The molecule has 1 N–H and O–H groups in total. The largest absolute Gasteiger partial charge is 0.337 e. The zero-order valence-corrected chi connectivity index (χ0v) is 16.1. The summed E-state index contributed by atoms with van der Waals surface area (Å²) < 4.78 is 0. The Morgan fingerprint density at radius 1 is 1.15 bits per heavy atom. The summed E-state index contributed by atoms with van der Waals surface area (Å²) in [5.74, 6) is 0.233. The lowest BCUT2D eigenvalue weighted by molar-refractivity contribution is 0.102. The summed E-state index contributed by atoms with van der Waals surface area (Å²) in [5.41, 5.74) is 3.07. The number of anilines is 2. The summed E-state index contributed by atoms with van der Waals surface area (Å²) in [4.78, 5) is 23.5. The summed E-state index contributed by atoms with van der Waals surface area (Å²) >= 11 is 6.03. The molecule has 138 valence electrons. The second-order valence-corrected chi connectivity index (χ2v) is 6.59. The number of aromatic nitrogens is 2. The average molecular weight is 381 g/mol. The van der Waals surface area contributed by atoms with Crippen molar-refractivity contribution in [2.75, 3.05) is 16.8 Å². The molecule has 0 fully saturated rings. The third-order valence-corrected chi connectivity index (χ3v) is 4.44. The third-order valence-electron chi connectivity index (χ3n) is 4.20. The Morgan fingerprint density at radius 3 is 2.67 bits per heavy atom. The van der Waals surface area contributed by atoms with E-state index in [1.54, 1.807) is 24.4 Å². The first-order valence-electron chi connectivity index (χ1n) is 8.76. The van der Waals surface area contributed by atoms with Crippen LogP contribution in [0.1, 0.15) is 28.5 Å². The number of nitrogens with one attached hydrogen (secondary N) is 1. The molecule has 3 aromatic rings. The predicted octanol–water partition coefficient (Wildman–Crippen LogP) is 4.72. The van der Waals surface area contributed by atoms with Crippen LogP contribution in [0.25, 0.3) is 0 Å². The van der Waals surface area contributed by atoms with Gasteiger partial charge in [0.2, 0.25) is 5.95 Å². The van der Waals surface area contributed by atoms with Gasteiger partial charge in [0, 0.05) is 30.0 Å². The number of carbonyl (C=O) groups is 1. The lowest BCUT2D eigenvalue weighted by Crippen LogP contribution is -2.25. The fourth-order valence-electron chi connectivity index (χ4n) is 2.67. The SMILES string of the molecule is CCN(Cc1ccccc1)c1nccc(C(=O)Nc2cc(Cl)ccc2C)n1. The highest BCUT2D eigenvalue weighted by atomic mass is 35.5. The predicted molar refractivity (Wildman–Crippen MR) is 109 cm³/mol. The van der Waals surface area contributed by atoms with Crippen molar-refractivity contribution in [3.63, 3.8) is 0 Å². The van der Waals surface area contributed by atoms with Crippen molar-refractivity contribution in [2.45, 2.75) is 20.4 Å². The molecule has 0 aliphatic rings. The Hall–Kier alpha value is -2.92. The van der Waals surface area contributed by atoms with Gasteiger partial charge in [0.05, 0.1) is 0 Å². The molecule has 3 rings (SSSR count). The van der Waals surface area contributed by atoms with Gasteiger partial charge < -0.3 is 10.2 Å². The minimum Gasteiger partial charge on any atom is -0.337 e. The molecule has 0 radical (unpaired) electrons. The molecular weight excluding hydrogens is 360 g/mol. The van der Waals surface area contributed by atoms with Crippen molar-refractivity contribution < 1.29 is 4.79 Å². The van der Waals surface area contributed by atoms with Gasteiger partial charge in [0.1, 0.15) is 5.69 Å². The van der Waals surface area contributed by atoms with Gasteiger partial charge in [-0.25, -0.2) is 9.97 Å². The molecule has 0 atom stereocenters. The van der Waals surface area contributed by atoms with E-state index in [0.717, 1.165) is 17.7 Å². The molecule has 1 amide bonds. The second kappa shape index (κ2) is 8.64. The number of rotatable bonds is 6. The Morgan fingerprint density at radius 2 is 1.93 bits per heavy atom. The molecule has 0 saturated carbocycles. The van der Waals surface area contributed by atoms with Gasteiger partial charge in [-0.15, -0.1) is 0 Å². The summed E-state index contributed by atoms with van der Waals surface area (Å²) in [5, 5.41) is 3.44. The van der Waals surface area contributed by atoms with E-state index < -0.39 is 0 Å². The van der Waals surface area contributed by atoms with Gasteiger partial charge in [-0.1, -0.05) is 48.0 Å². The van der Waals surface area contributed by atoms with Crippen LogP contribution in [-0.4, -0.2) is 22.4 Å². The summed E-state index contributed by atoms with van der Waals surface area (Å²) in [6.07, 6.45) is 1.61. The van der Waals surface area contributed by atoms with E-state index in [4.69, 9.17) is 11.6 Å². The maximum absolute atomic E-state index is 12.6. The first-order chi connectivity index (χ1) is 13.1. The number of amides is 1. The fourth-order valence-corrected chi connectivity index (χ4v) is 2.84. The fraction of sp³-hybridized carbons (Fsp3) is 0.190. The Bertz CT molecular complexity index is 930. The first kappa shape index (κ1) is 18.9. The van der Waals surface area contributed by atoms with Crippen LogP contribution in [-0.2, 0) is 6.54 Å². The van der Waals surface area contributed by atoms with Crippen LogP contribution in [0.3, 0.4) is 0 Å². The van der Waals surface area contributed by atoms with E-state index in [9.17, 15) is 4.79 Å². The third kappa shape index (κ3) is 4.83. The Balaban J connectivity index is 1.79. The molecule has 27 heavy (non-hydrogen) atoms. The van der Waals surface area contributed by atoms with Crippen LogP contribution in [0, 0.1) is 6.92 Å². The molecule has 5 nitrogen and oxygen atoms in total. The van der Waals surface area contributed by atoms with Gasteiger partial charge in [-0.3, -0.25) is 4.79 Å². The van der Waals surface area contributed by atoms with Crippen molar-refractivity contribution in [1.82, 2.24) is 9.97 Å². The zero-order valence-electron chi connectivity index (χ0n) is 15.3. The normalized spacial score (nSPS) is 10.5. The van der Waals surface area contributed by atoms with Crippen LogP contribution in [0.15, 0.2) is 60.8 Å². The van der Waals surface area contributed by atoms with Crippen molar-refractivity contribution in [3.05, 3.63) is 82.6 Å². The lowest BCUT2D eigenvalue weighted by atomic mass is 10.2. The molecule has 0 unspecified atom stereocenters. The van der Waals surface area contributed by atoms with Crippen LogP contribution in [0.5, 0.6) is 0 Å². The molecule has 0 aliphatic carbocycles. The Kier molecular flexibility index (Phi) is 6.04. The van der Waals surface area contributed by atoms with Gasteiger partial charge in [0.25, 0.3) is 5.91 Å². The topological polar surface area (TPSA) is 58.1 Å². The monoisotopic (exact) mass is 380 g/mol. The number of aryl methyl sites for hydroxylation is 1. The van der Waals surface area contributed by atoms with Crippen molar-refractivity contribution in [2.24, 2.45) is 0 Å². The van der Waals surface area contributed by atoms with E-state index in [0.29, 0.717) is 28.9 Å². The van der Waals surface area contributed by atoms with E-state index >= 15 is 0 Å². The second-order valence-electron chi connectivity index (χ2n) is 6.16. The van der Waals surface area contributed by atoms with Gasteiger partial charge in [0.15, 0.2) is 0 Å². The highest BCUT2D eigenvalue weighted by molar-refractivity contribution is 6.31. The minimum atomic E-state index is -0.292. The summed E-state index contributed by atoms with van der Waals surface area (Å²) in [6, 6.07) is 17.1. The number of nitrogens with zero attached hydrogens (tertiary/aromatic N) is 3. The van der Waals surface area contributed by atoms with Crippen LogP contribution in [0.4, 0.5) is 11.6 Å². The first-order valence-corrected chi connectivity index (χ1v) is 9.14. The molecule has 0 aliphatic heterocycles. The standard InChI is InChI=1S/C21H21ClN4O/c1-3-26(14-16-7-5-4-6-8-16)21-23-12-11-18(25-21)20(27)24-19-13-17(22)10-9-15(19)2/h4-13H,3,14H2,1-2H3,(H,24,27). The average Bonchev–Trinajstić information content (AvgIpc) is 2.69. The lowest BCUT2D eigenvalue weighted by Gasteiger charge is -2.21. The smallest absolute Gasteiger partial charge is 0.274 e. The van der Waals surface area contributed by atoms with E-state index in [2.05, 4.69) is 27.4 Å². The number of hydrogen-bond donors (Lipinski definition) is 1. The highest BCUT2D eigenvalue weighted by Gasteiger charge is 2.14. The molecule has 0 saturated heterocycles. The quantitative estimate of drug-likeness (QED) is 0.672. The molecule has 1 heterocycles. The minimum absolute atomic E-state index is 0.292. The van der Waals surface area contributed by atoms with Crippen LogP contribution in [0.2, 0.25) is 5.02 Å². The van der Waals surface area contributed by atoms with Gasteiger partial charge >= 0.3 is 0 Å². The zero-order chi connectivity index (χ0) is 19.2. The van der Waals surface area contributed by atoms with E-state index in [1.165, 1.54) is 0 Å². The van der Waals surface area contributed by atoms with E-state index in [1.807, 2.05) is 43.0 Å². The van der Waals surface area contributed by atoms with Crippen molar-refractivity contribution >= 4 is 29.1 Å². The molecule has 0 spiro atoms. The molecule has 6 heteroatoms. The maximum atomic E-state index is 12.6. The number of hydrogen-bond acceptors (Lipinski definition) is 4. The van der Waals surface area contributed by atoms with Crippen molar-refractivity contribution in [1.29, 1.82) is 0 Å². The van der Waals surface area contributed by atoms with Crippen LogP contribution >= 0.6 is 11.6 Å².